The van der Waals surface area contributed by atoms with Gasteiger partial charge in [-0.2, -0.15) is 0 Å². The third kappa shape index (κ3) is 2.26. The van der Waals surface area contributed by atoms with Gasteiger partial charge in [-0.15, -0.1) is 0 Å². The first-order valence-electron chi connectivity index (χ1n) is 2.84. The molecule has 0 fully saturated rings. The standard InChI is InChI=1S/C7H4Br3F/c8-4-1-6(9)5(3-11)7(10)2-4/h1-2H,3H2. The molecule has 0 N–H and O–H groups in total. The van der Waals surface area contributed by atoms with Gasteiger partial charge in [-0.05, 0) is 12.1 Å². The minimum absolute atomic E-state index is 0.464. The first-order chi connectivity index (χ1) is 5.15. The van der Waals surface area contributed by atoms with Gasteiger partial charge in [0.2, 0.25) is 0 Å². The average Bonchev–Trinajstić information content (AvgIpc) is 1.85. The van der Waals surface area contributed by atoms with Crippen molar-refractivity contribution < 1.29 is 4.39 Å². The highest BCUT2D eigenvalue weighted by Crippen LogP contribution is 2.30. The monoisotopic (exact) mass is 344 g/mol. The molecule has 0 atom stereocenters. The van der Waals surface area contributed by atoms with E-state index < -0.39 is 6.67 Å². The summed E-state index contributed by atoms with van der Waals surface area (Å²) in [7, 11) is 0. The van der Waals surface area contributed by atoms with E-state index in [1.807, 2.05) is 12.1 Å². The van der Waals surface area contributed by atoms with E-state index >= 15 is 0 Å². The van der Waals surface area contributed by atoms with Gasteiger partial charge in [0.15, 0.2) is 0 Å². The van der Waals surface area contributed by atoms with E-state index in [2.05, 4.69) is 47.8 Å². The van der Waals surface area contributed by atoms with Crippen LogP contribution in [0.15, 0.2) is 25.6 Å². The fourth-order valence-corrected chi connectivity index (χ4v) is 3.17. The molecule has 4 heteroatoms. The maximum absolute atomic E-state index is 12.3. The number of alkyl halides is 1. The maximum atomic E-state index is 12.3. The van der Waals surface area contributed by atoms with Crippen molar-refractivity contribution in [3.63, 3.8) is 0 Å². The Kier molecular flexibility index (Phi) is 3.52. The minimum atomic E-state index is -0.464. The molecule has 0 nitrogen and oxygen atoms in total. The molecule has 0 aromatic heterocycles. The number of benzene rings is 1. The summed E-state index contributed by atoms with van der Waals surface area (Å²) in [6.07, 6.45) is 0. The summed E-state index contributed by atoms with van der Waals surface area (Å²) in [6, 6.07) is 3.64. The number of rotatable bonds is 1. The summed E-state index contributed by atoms with van der Waals surface area (Å²) in [5.41, 5.74) is 0.646. The molecule has 0 spiro atoms. The Bertz CT molecular complexity index is 249. The molecule has 0 bridgehead atoms. The van der Waals surface area contributed by atoms with Gasteiger partial charge in [-0.3, -0.25) is 0 Å². The van der Waals surface area contributed by atoms with Crippen molar-refractivity contribution in [2.75, 3.05) is 0 Å². The molecule has 1 aromatic rings. The molecule has 0 aliphatic rings. The Balaban J connectivity index is 3.25. The van der Waals surface area contributed by atoms with Crippen molar-refractivity contribution in [1.29, 1.82) is 0 Å². The Morgan fingerprint density at radius 3 is 1.91 bits per heavy atom. The molecule has 0 unspecified atom stereocenters. The zero-order valence-electron chi connectivity index (χ0n) is 5.37. The molecule has 0 aliphatic heterocycles. The molecule has 60 valence electrons. The molecule has 11 heavy (non-hydrogen) atoms. The summed E-state index contributed by atoms with van der Waals surface area (Å²) in [5, 5.41) is 0. The number of hydrogen-bond donors (Lipinski definition) is 0. The van der Waals surface area contributed by atoms with Crippen LogP contribution in [-0.2, 0) is 6.67 Å². The Labute approximate surface area is 89.6 Å². The van der Waals surface area contributed by atoms with E-state index in [0.29, 0.717) is 5.56 Å². The second kappa shape index (κ2) is 4.01. The van der Waals surface area contributed by atoms with Crippen LogP contribution in [-0.4, -0.2) is 0 Å². The molecule has 0 saturated carbocycles. The van der Waals surface area contributed by atoms with Crippen LogP contribution < -0.4 is 0 Å². The molecule has 0 aliphatic carbocycles. The van der Waals surface area contributed by atoms with Crippen LogP contribution in [0.25, 0.3) is 0 Å². The highest BCUT2D eigenvalue weighted by molar-refractivity contribution is 9.11. The van der Waals surface area contributed by atoms with Gasteiger partial charge >= 0.3 is 0 Å². The first-order valence-corrected chi connectivity index (χ1v) is 5.22. The molecule has 0 heterocycles. The van der Waals surface area contributed by atoms with E-state index in [1.54, 1.807) is 0 Å². The van der Waals surface area contributed by atoms with E-state index in [-0.39, 0.29) is 0 Å². The first kappa shape index (κ1) is 9.68. The third-order valence-electron chi connectivity index (χ3n) is 1.24. The third-order valence-corrected chi connectivity index (χ3v) is 3.11. The van der Waals surface area contributed by atoms with Gasteiger partial charge in [0, 0.05) is 19.0 Å². The Hall–Kier alpha value is 0.590. The molecule has 1 rings (SSSR count). The molecule has 0 amide bonds. The van der Waals surface area contributed by atoms with Crippen LogP contribution in [0.4, 0.5) is 4.39 Å². The summed E-state index contributed by atoms with van der Waals surface area (Å²) in [4.78, 5) is 0. The van der Waals surface area contributed by atoms with Gasteiger partial charge in [0.25, 0.3) is 0 Å². The fraction of sp³-hybridized carbons (Fsp3) is 0.143. The Morgan fingerprint density at radius 2 is 1.55 bits per heavy atom. The van der Waals surface area contributed by atoms with Gasteiger partial charge in [0.1, 0.15) is 6.67 Å². The van der Waals surface area contributed by atoms with Crippen LogP contribution in [0.1, 0.15) is 5.56 Å². The number of halogens is 4. The normalized spacial score (nSPS) is 10.2. The van der Waals surface area contributed by atoms with Gasteiger partial charge in [-0.1, -0.05) is 47.8 Å². The predicted octanol–water partition coefficient (Wildman–Crippen LogP) is 4.44. The summed E-state index contributed by atoms with van der Waals surface area (Å²) in [6.45, 7) is -0.464. The maximum Gasteiger partial charge on any atom is 0.117 e. The second-order valence-corrected chi connectivity index (χ2v) is 4.61. The van der Waals surface area contributed by atoms with Crippen molar-refractivity contribution >= 4 is 47.8 Å². The SMILES string of the molecule is FCc1c(Br)cc(Br)cc1Br. The van der Waals surface area contributed by atoms with Crippen LogP contribution in [0, 0.1) is 0 Å². The van der Waals surface area contributed by atoms with Crippen molar-refractivity contribution in [3.05, 3.63) is 31.1 Å². The van der Waals surface area contributed by atoms with Crippen LogP contribution in [0.5, 0.6) is 0 Å². The van der Waals surface area contributed by atoms with Gasteiger partial charge in [-0.25, -0.2) is 4.39 Å². The lowest BCUT2D eigenvalue weighted by Gasteiger charge is -2.02. The molecular formula is C7H4Br3F. The largest absolute Gasteiger partial charge is 0.246 e. The summed E-state index contributed by atoms with van der Waals surface area (Å²) in [5.74, 6) is 0. The molecule has 0 saturated heterocycles. The lowest BCUT2D eigenvalue weighted by molar-refractivity contribution is 0.482. The van der Waals surface area contributed by atoms with Crippen LogP contribution >= 0.6 is 47.8 Å². The molecular weight excluding hydrogens is 343 g/mol. The highest BCUT2D eigenvalue weighted by Gasteiger charge is 2.05. The fourth-order valence-electron chi connectivity index (χ4n) is 0.700. The van der Waals surface area contributed by atoms with Crippen molar-refractivity contribution in [2.45, 2.75) is 6.67 Å². The predicted molar refractivity (Wildman–Crippen MR) is 54.4 cm³/mol. The van der Waals surface area contributed by atoms with Crippen molar-refractivity contribution in [1.82, 2.24) is 0 Å². The lowest BCUT2D eigenvalue weighted by atomic mass is 10.2. The average molecular weight is 347 g/mol. The lowest BCUT2D eigenvalue weighted by Crippen LogP contribution is -1.83. The molecule has 0 radical (unpaired) electrons. The zero-order chi connectivity index (χ0) is 8.43. The van der Waals surface area contributed by atoms with E-state index in [1.165, 1.54) is 0 Å². The quantitative estimate of drug-likeness (QED) is 0.705. The zero-order valence-corrected chi connectivity index (χ0v) is 10.1. The smallest absolute Gasteiger partial charge is 0.117 e. The topological polar surface area (TPSA) is 0 Å². The van der Waals surface area contributed by atoms with Crippen LogP contribution in [0.2, 0.25) is 0 Å². The minimum Gasteiger partial charge on any atom is -0.246 e. The number of hydrogen-bond acceptors (Lipinski definition) is 0. The molecule has 1 aromatic carbocycles. The van der Waals surface area contributed by atoms with Gasteiger partial charge < -0.3 is 0 Å². The van der Waals surface area contributed by atoms with Crippen LogP contribution in [0.3, 0.4) is 0 Å². The highest BCUT2D eigenvalue weighted by atomic mass is 79.9. The van der Waals surface area contributed by atoms with Crippen molar-refractivity contribution in [3.8, 4) is 0 Å². The summed E-state index contributed by atoms with van der Waals surface area (Å²) < 4.78 is 14.8. The van der Waals surface area contributed by atoms with E-state index in [0.717, 1.165) is 13.4 Å². The second-order valence-electron chi connectivity index (χ2n) is 1.98. The van der Waals surface area contributed by atoms with Gasteiger partial charge in [0.05, 0.1) is 0 Å². The van der Waals surface area contributed by atoms with Crippen molar-refractivity contribution in [2.24, 2.45) is 0 Å². The van der Waals surface area contributed by atoms with E-state index in [9.17, 15) is 4.39 Å². The summed E-state index contributed by atoms with van der Waals surface area (Å²) >= 11 is 9.81. The van der Waals surface area contributed by atoms with E-state index in [4.69, 9.17) is 0 Å². The Morgan fingerprint density at radius 1 is 1.09 bits per heavy atom.